The molecule has 0 aromatic carbocycles. The summed E-state index contributed by atoms with van der Waals surface area (Å²) in [7, 11) is 0. The molecule has 2 rings (SSSR count). The minimum absolute atomic E-state index is 0.0564. The van der Waals surface area contributed by atoms with Crippen LogP contribution in [0.5, 0.6) is 0 Å². The lowest BCUT2D eigenvalue weighted by Gasteiger charge is -2.32. The molecule has 0 aliphatic carbocycles. The van der Waals surface area contributed by atoms with E-state index in [0.717, 1.165) is 0 Å². The normalized spacial score (nSPS) is 21.6. The highest BCUT2D eigenvalue weighted by molar-refractivity contribution is 5.69. The fraction of sp³-hybridized carbons (Fsp3) is 0.905. The van der Waals surface area contributed by atoms with E-state index in [9.17, 15) is 14.7 Å². The number of hydrogen-bond acceptors (Lipinski definition) is 7. The SMILES string of the molecule is CC(C)(C)OC(=O)N(CCC1CO1)CC(O)CN(CCC1CO1)C(=O)OC(C)(C)C. The summed E-state index contributed by atoms with van der Waals surface area (Å²) in [6, 6.07) is 0. The second-order valence-corrected chi connectivity index (χ2v) is 9.99. The Hall–Kier alpha value is -1.58. The number of aliphatic hydroxyl groups excluding tert-OH is 1. The molecule has 0 saturated carbocycles. The Bertz CT molecular complexity index is 527. The van der Waals surface area contributed by atoms with Crippen molar-refractivity contribution in [2.24, 2.45) is 0 Å². The first-order valence-corrected chi connectivity index (χ1v) is 10.7. The van der Waals surface area contributed by atoms with Gasteiger partial charge in [-0.05, 0) is 54.4 Å². The zero-order chi connectivity index (χ0) is 22.5. The first kappa shape index (κ1) is 24.7. The van der Waals surface area contributed by atoms with Gasteiger partial charge in [0.25, 0.3) is 0 Å². The molecule has 30 heavy (non-hydrogen) atoms. The van der Waals surface area contributed by atoms with Gasteiger partial charge >= 0.3 is 12.2 Å². The molecule has 2 aliphatic rings. The zero-order valence-corrected chi connectivity index (χ0v) is 19.2. The smallest absolute Gasteiger partial charge is 0.410 e. The Morgan fingerprint density at radius 2 is 1.20 bits per heavy atom. The number of amides is 2. The highest BCUT2D eigenvalue weighted by Gasteiger charge is 2.31. The summed E-state index contributed by atoms with van der Waals surface area (Å²) in [6.45, 7) is 13.1. The van der Waals surface area contributed by atoms with Crippen molar-refractivity contribution in [3.8, 4) is 0 Å². The van der Waals surface area contributed by atoms with Crippen LogP contribution in [-0.4, -0.2) is 96.0 Å². The van der Waals surface area contributed by atoms with Gasteiger partial charge in [0.15, 0.2) is 0 Å². The van der Waals surface area contributed by atoms with Gasteiger partial charge in [-0.1, -0.05) is 0 Å². The van der Waals surface area contributed by atoms with Gasteiger partial charge in [0.2, 0.25) is 0 Å². The van der Waals surface area contributed by atoms with Gasteiger partial charge in [0, 0.05) is 13.1 Å². The van der Waals surface area contributed by atoms with Crippen molar-refractivity contribution in [3.05, 3.63) is 0 Å². The Morgan fingerprint density at radius 1 is 0.867 bits per heavy atom. The Labute approximate surface area is 179 Å². The third kappa shape index (κ3) is 10.4. The molecule has 2 aliphatic heterocycles. The molecule has 2 amide bonds. The molecule has 2 heterocycles. The fourth-order valence-corrected chi connectivity index (χ4v) is 2.80. The molecule has 9 heteroatoms. The average molecular weight is 431 g/mol. The van der Waals surface area contributed by atoms with Crippen LogP contribution in [0.4, 0.5) is 9.59 Å². The van der Waals surface area contributed by atoms with E-state index in [2.05, 4.69) is 0 Å². The van der Waals surface area contributed by atoms with Crippen molar-refractivity contribution in [1.29, 1.82) is 0 Å². The summed E-state index contributed by atoms with van der Waals surface area (Å²) in [4.78, 5) is 28.1. The maximum absolute atomic E-state index is 12.6. The van der Waals surface area contributed by atoms with Crippen LogP contribution in [-0.2, 0) is 18.9 Å². The minimum atomic E-state index is -0.940. The number of hydrogen-bond donors (Lipinski definition) is 1. The van der Waals surface area contributed by atoms with E-state index in [4.69, 9.17) is 18.9 Å². The Kier molecular flexibility index (Phi) is 8.35. The predicted molar refractivity (Wildman–Crippen MR) is 110 cm³/mol. The first-order valence-electron chi connectivity index (χ1n) is 10.7. The molecule has 0 bridgehead atoms. The van der Waals surface area contributed by atoms with E-state index in [1.165, 1.54) is 9.80 Å². The highest BCUT2D eigenvalue weighted by atomic mass is 16.6. The van der Waals surface area contributed by atoms with Crippen LogP contribution in [0.2, 0.25) is 0 Å². The Balaban J connectivity index is 1.95. The second kappa shape index (κ2) is 10.2. The largest absolute Gasteiger partial charge is 0.444 e. The van der Waals surface area contributed by atoms with Crippen molar-refractivity contribution in [2.45, 2.75) is 83.9 Å². The van der Waals surface area contributed by atoms with E-state index in [-0.39, 0.29) is 25.3 Å². The highest BCUT2D eigenvalue weighted by Crippen LogP contribution is 2.18. The van der Waals surface area contributed by atoms with Crippen LogP contribution in [0.25, 0.3) is 0 Å². The number of rotatable bonds is 10. The van der Waals surface area contributed by atoms with Gasteiger partial charge in [0.05, 0.1) is 44.6 Å². The lowest BCUT2D eigenvalue weighted by Crippen LogP contribution is -2.47. The average Bonchev–Trinajstić information content (AvgIpc) is 3.46. The number of carbonyl (C=O) groups is 2. The van der Waals surface area contributed by atoms with Crippen LogP contribution in [0.3, 0.4) is 0 Å². The first-order chi connectivity index (χ1) is 13.8. The summed E-state index contributed by atoms with van der Waals surface area (Å²) in [5, 5.41) is 10.7. The number of aliphatic hydroxyl groups is 1. The quantitative estimate of drug-likeness (QED) is 0.531. The molecule has 1 N–H and O–H groups in total. The standard InChI is InChI=1S/C21H38N2O7/c1-20(2,3)29-18(25)22(9-7-16-13-27-16)11-15(24)12-23(10-8-17-14-28-17)19(26)30-21(4,5)6/h15-17,24H,7-14H2,1-6H3. The molecule has 9 nitrogen and oxygen atoms in total. The van der Waals surface area contributed by atoms with Crippen LogP contribution in [0.15, 0.2) is 0 Å². The monoisotopic (exact) mass is 430 g/mol. The van der Waals surface area contributed by atoms with E-state index in [0.29, 0.717) is 39.1 Å². The molecule has 2 fully saturated rings. The van der Waals surface area contributed by atoms with Gasteiger partial charge in [-0.3, -0.25) is 0 Å². The fourth-order valence-electron chi connectivity index (χ4n) is 2.80. The number of epoxide rings is 2. The zero-order valence-electron chi connectivity index (χ0n) is 19.2. The Morgan fingerprint density at radius 3 is 1.47 bits per heavy atom. The van der Waals surface area contributed by atoms with Crippen LogP contribution in [0, 0.1) is 0 Å². The summed E-state index contributed by atoms with van der Waals surface area (Å²) in [5.74, 6) is 0. The minimum Gasteiger partial charge on any atom is -0.444 e. The van der Waals surface area contributed by atoms with Gasteiger partial charge in [0.1, 0.15) is 11.2 Å². The molecule has 2 atom stereocenters. The van der Waals surface area contributed by atoms with Gasteiger partial charge in [-0.2, -0.15) is 0 Å². The molecule has 0 aromatic heterocycles. The summed E-state index contributed by atoms with van der Waals surface area (Å²) >= 11 is 0. The second-order valence-electron chi connectivity index (χ2n) is 9.99. The van der Waals surface area contributed by atoms with Crippen LogP contribution >= 0.6 is 0 Å². The summed E-state index contributed by atoms with van der Waals surface area (Å²) in [6.07, 6.45) is -0.241. The predicted octanol–water partition coefficient (Wildman–Crippen LogP) is 2.40. The van der Waals surface area contributed by atoms with Crippen molar-refractivity contribution in [3.63, 3.8) is 0 Å². The van der Waals surface area contributed by atoms with E-state index in [1.54, 1.807) is 41.5 Å². The van der Waals surface area contributed by atoms with Crippen molar-refractivity contribution < 1.29 is 33.6 Å². The summed E-state index contributed by atoms with van der Waals surface area (Å²) in [5.41, 5.74) is -1.27. The molecule has 0 spiro atoms. The molecule has 0 radical (unpaired) electrons. The van der Waals surface area contributed by atoms with Crippen LogP contribution in [0.1, 0.15) is 54.4 Å². The molecular formula is C21H38N2O7. The van der Waals surface area contributed by atoms with Crippen molar-refractivity contribution in [2.75, 3.05) is 39.4 Å². The molecular weight excluding hydrogens is 392 g/mol. The molecule has 2 saturated heterocycles. The maximum atomic E-state index is 12.6. The lowest BCUT2D eigenvalue weighted by molar-refractivity contribution is 0.000479. The van der Waals surface area contributed by atoms with Gasteiger partial charge in [-0.15, -0.1) is 0 Å². The maximum Gasteiger partial charge on any atom is 0.410 e. The van der Waals surface area contributed by atoms with E-state index >= 15 is 0 Å². The van der Waals surface area contributed by atoms with Crippen LogP contribution < -0.4 is 0 Å². The van der Waals surface area contributed by atoms with Gasteiger partial charge in [-0.25, -0.2) is 9.59 Å². The van der Waals surface area contributed by atoms with Gasteiger partial charge < -0.3 is 33.9 Å². The summed E-state index contributed by atoms with van der Waals surface area (Å²) < 4.78 is 21.4. The number of nitrogens with zero attached hydrogens (tertiary/aromatic N) is 2. The third-order valence-electron chi connectivity index (χ3n) is 4.41. The lowest BCUT2D eigenvalue weighted by atomic mass is 10.2. The third-order valence-corrected chi connectivity index (χ3v) is 4.41. The van der Waals surface area contributed by atoms with Crippen molar-refractivity contribution in [1.82, 2.24) is 9.80 Å². The molecule has 0 aromatic rings. The van der Waals surface area contributed by atoms with E-state index in [1.807, 2.05) is 0 Å². The van der Waals surface area contributed by atoms with E-state index < -0.39 is 29.5 Å². The number of carbonyl (C=O) groups excluding carboxylic acids is 2. The number of ether oxygens (including phenoxy) is 4. The van der Waals surface area contributed by atoms with Crippen molar-refractivity contribution >= 4 is 12.2 Å². The topological polar surface area (TPSA) is 104 Å². The molecule has 2 unspecified atom stereocenters. The molecule has 174 valence electrons.